The van der Waals surface area contributed by atoms with Crippen LogP contribution in [0.1, 0.15) is 64.2 Å². The van der Waals surface area contributed by atoms with Crippen molar-refractivity contribution in [3.05, 3.63) is 0 Å². The van der Waals surface area contributed by atoms with Crippen LogP contribution < -0.4 is 11.1 Å². The third-order valence-electron chi connectivity index (χ3n) is 5.15. The number of nitrogens with two attached hydrogens (primary N) is 1. The molecule has 4 N–H and O–H groups in total. The van der Waals surface area contributed by atoms with Crippen LogP contribution >= 0.6 is 0 Å². The molecule has 2 rings (SSSR count). The minimum absolute atomic E-state index is 0.133. The maximum Gasteiger partial charge on any atom is 0.329 e. The molecule has 0 heterocycles. The predicted octanol–water partition coefficient (Wildman–Crippen LogP) is 1.80. The maximum absolute atomic E-state index is 12.7. The molecule has 5 heteroatoms. The van der Waals surface area contributed by atoms with Gasteiger partial charge in [0.05, 0.1) is 5.41 Å². The Bertz CT molecular complexity index is 367. The number of nitrogens with one attached hydrogen (secondary N) is 1. The number of carboxylic acid groups (broad SMARTS) is 1. The lowest BCUT2D eigenvalue weighted by atomic mass is 9.78. The van der Waals surface area contributed by atoms with Gasteiger partial charge in [0, 0.05) is 6.54 Å². The highest BCUT2D eigenvalue weighted by Crippen LogP contribution is 2.37. The Balaban J connectivity index is 2.13. The Labute approximate surface area is 120 Å². The Hall–Kier alpha value is -1.10. The molecule has 0 radical (unpaired) electrons. The zero-order valence-corrected chi connectivity index (χ0v) is 12.1. The van der Waals surface area contributed by atoms with Crippen LogP contribution in [0.2, 0.25) is 0 Å². The molecule has 0 aromatic rings. The largest absolute Gasteiger partial charge is 0.480 e. The van der Waals surface area contributed by atoms with E-state index >= 15 is 0 Å². The first-order valence-electron chi connectivity index (χ1n) is 7.81. The summed E-state index contributed by atoms with van der Waals surface area (Å²) in [6, 6.07) is 0. The fourth-order valence-corrected chi connectivity index (χ4v) is 3.65. The standard InChI is InChI=1S/C15H26N2O3/c16-11-14(7-3-1-2-4-8-14)12(18)17-15(13(19)20)9-5-6-10-15/h1-11,16H2,(H,17,18)(H,19,20). The molecule has 2 aliphatic carbocycles. The molecule has 0 bridgehead atoms. The van der Waals surface area contributed by atoms with Gasteiger partial charge in [-0.05, 0) is 25.7 Å². The molecule has 0 aliphatic heterocycles. The van der Waals surface area contributed by atoms with Crippen molar-refractivity contribution >= 4 is 11.9 Å². The second-order valence-corrected chi connectivity index (χ2v) is 6.45. The second-order valence-electron chi connectivity index (χ2n) is 6.45. The highest BCUT2D eigenvalue weighted by atomic mass is 16.4. The fourth-order valence-electron chi connectivity index (χ4n) is 3.65. The Morgan fingerprint density at radius 2 is 1.45 bits per heavy atom. The highest BCUT2D eigenvalue weighted by molar-refractivity contribution is 5.90. The van der Waals surface area contributed by atoms with Crippen LogP contribution in [0, 0.1) is 5.41 Å². The number of carbonyl (C=O) groups is 2. The maximum atomic E-state index is 12.7. The van der Waals surface area contributed by atoms with Crippen molar-refractivity contribution in [3.63, 3.8) is 0 Å². The van der Waals surface area contributed by atoms with Crippen LogP contribution in [0.3, 0.4) is 0 Å². The summed E-state index contributed by atoms with van der Waals surface area (Å²) in [6.45, 7) is 0.314. The van der Waals surface area contributed by atoms with Gasteiger partial charge >= 0.3 is 5.97 Å². The lowest BCUT2D eigenvalue weighted by Crippen LogP contribution is -2.58. The average molecular weight is 282 g/mol. The van der Waals surface area contributed by atoms with Crippen LogP contribution in [0.4, 0.5) is 0 Å². The van der Waals surface area contributed by atoms with Crippen molar-refractivity contribution in [2.45, 2.75) is 69.7 Å². The summed E-state index contributed by atoms with van der Waals surface area (Å²) in [7, 11) is 0. The smallest absolute Gasteiger partial charge is 0.329 e. The van der Waals surface area contributed by atoms with Crippen LogP contribution in [0.5, 0.6) is 0 Å². The minimum atomic E-state index is -1.05. The zero-order chi connectivity index (χ0) is 14.6. The number of hydrogen-bond acceptors (Lipinski definition) is 3. The fraction of sp³-hybridized carbons (Fsp3) is 0.867. The third kappa shape index (κ3) is 2.82. The minimum Gasteiger partial charge on any atom is -0.480 e. The first-order chi connectivity index (χ1) is 9.55. The molecule has 114 valence electrons. The van der Waals surface area contributed by atoms with Crippen LogP contribution in [-0.2, 0) is 9.59 Å². The van der Waals surface area contributed by atoms with Gasteiger partial charge in [-0.25, -0.2) is 4.79 Å². The lowest BCUT2D eigenvalue weighted by molar-refractivity contribution is -0.149. The molecule has 0 aromatic heterocycles. The third-order valence-corrected chi connectivity index (χ3v) is 5.15. The van der Waals surface area contributed by atoms with Gasteiger partial charge in [0.15, 0.2) is 0 Å². The second kappa shape index (κ2) is 6.12. The number of hydrogen-bond donors (Lipinski definition) is 3. The van der Waals surface area contributed by atoms with Crippen molar-refractivity contribution < 1.29 is 14.7 Å². The monoisotopic (exact) mass is 282 g/mol. The number of carboxylic acids is 1. The Kier molecular flexibility index (Phi) is 4.68. The summed E-state index contributed by atoms with van der Waals surface area (Å²) in [5.74, 6) is -1.03. The predicted molar refractivity (Wildman–Crippen MR) is 76.2 cm³/mol. The summed E-state index contributed by atoms with van der Waals surface area (Å²) < 4.78 is 0. The van der Waals surface area contributed by atoms with Crippen molar-refractivity contribution in [1.82, 2.24) is 5.32 Å². The average Bonchev–Trinajstić information content (AvgIpc) is 2.77. The van der Waals surface area contributed by atoms with E-state index in [9.17, 15) is 14.7 Å². The summed E-state index contributed by atoms with van der Waals surface area (Å²) in [5.41, 5.74) is 4.29. The Morgan fingerprint density at radius 1 is 0.950 bits per heavy atom. The number of amides is 1. The van der Waals surface area contributed by atoms with E-state index in [4.69, 9.17) is 5.73 Å². The van der Waals surface area contributed by atoms with E-state index in [-0.39, 0.29) is 5.91 Å². The first-order valence-corrected chi connectivity index (χ1v) is 7.81. The van der Waals surface area contributed by atoms with E-state index in [0.29, 0.717) is 19.4 Å². The SMILES string of the molecule is NCC1(C(=O)NC2(C(=O)O)CCCC2)CCCCCC1. The molecule has 0 aromatic carbocycles. The molecule has 0 spiro atoms. The van der Waals surface area contributed by atoms with Gasteiger partial charge in [-0.3, -0.25) is 4.79 Å². The zero-order valence-electron chi connectivity index (χ0n) is 12.1. The molecule has 0 atom stereocenters. The van der Waals surface area contributed by atoms with Gasteiger partial charge in [0.1, 0.15) is 5.54 Å². The van der Waals surface area contributed by atoms with E-state index in [1.54, 1.807) is 0 Å². The summed E-state index contributed by atoms with van der Waals surface area (Å²) >= 11 is 0. The van der Waals surface area contributed by atoms with Crippen LogP contribution in [0.25, 0.3) is 0 Å². The van der Waals surface area contributed by atoms with Crippen molar-refractivity contribution in [2.75, 3.05) is 6.54 Å². The van der Waals surface area contributed by atoms with Crippen LogP contribution in [-0.4, -0.2) is 29.1 Å². The van der Waals surface area contributed by atoms with E-state index in [0.717, 1.165) is 51.4 Å². The summed E-state index contributed by atoms with van der Waals surface area (Å²) in [5, 5.41) is 12.3. The summed E-state index contributed by atoms with van der Waals surface area (Å²) in [6.07, 6.45) is 8.65. The molecule has 0 unspecified atom stereocenters. The van der Waals surface area contributed by atoms with Gasteiger partial charge in [-0.15, -0.1) is 0 Å². The van der Waals surface area contributed by atoms with Gasteiger partial charge < -0.3 is 16.2 Å². The molecule has 2 fully saturated rings. The molecule has 2 aliphatic rings. The molecular formula is C15H26N2O3. The van der Waals surface area contributed by atoms with Crippen molar-refractivity contribution in [3.8, 4) is 0 Å². The highest BCUT2D eigenvalue weighted by Gasteiger charge is 2.47. The lowest BCUT2D eigenvalue weighted by Gasteiger charge is -2.35. The van der Waals surface area contributed by atoms with E-state index in [2.05, 4.69) is 5.32 Å². The summed E-state index contributed by atoms with van der Waals surface area (Å²) in [4.78, 5) is 24.3. The molecule has 2 saturated carbocycles. The molecule has 1 amide bonds. The molecule has 20 heavy (non-hydrogen) atoms. The Morgan fingerprint density at radius 3 is 1.90 bits per heavy atom. The van der Waals surface area contributed by atoms with E-state index in [1.807, 2.05) is 0 Å². The first kappa shape index (κ1) is 15.3. The van der Waals surface area contributed by atoms with Gasteiger partial charge in [0.25, 0.3) is 0 Å². The number of aliphatic carboxylic acids is 1. The molecular weight excluding hydrogens is 256 g/mol. The molecule has 0 saturated heterocycles. The van der Waals surface area contributed by atoms with Crippen LogP contribution in [0.15, 0.2) is 0 Å². The number of carbonyl (C=O) groups excluding carboxylic acids is 1. The van der Waals surface area contributed by atoms with Crippen molar-refractivity contribution in [1.29, 1.82) is 0 Å². The van der Waals surface area contributed by atoms with Crippen molar-refractivity contribution in [2.24, 2.45) is 11.1 Å². The van der Waals surface area contributed by atoms with E-state index < -0.39 is 16.9 Å². The van der Waals surface area contributed by atoms with Gasteiger partial charge in [-0.1, -0.05) is 38.5 Å². The molecule has 5 nitrogen and oxygen atoms in total. The van der Waals surface area contributed by atoms with E-state index in [1.165, 1.54) is 0 Å². The topological polar surface area (TPSA) is 92.4 Å². The normalized spacial score (nSPS) is 24.9. The van der Waals surface area contributed by atoms with Gasteiger partial charge in [0.2, 0.25) is 5.91 Å². The van der Waals surface area contributed by atoms with Gasteiger partial charge in [-0.2, -0.15) is 0 Å². The number of rotatable bonds is 4. The quantitative estimate of drug-likeness (QED) is 0.685.